The van der Waals surface area contributed by atoms with Gasteiger partial charge in [-0.2, -0.15) is 0 Å². The van der Waals surface area contributed by atoms with Gasteiger partial charge in [-0.3, -0.25) is 0 Å². The van der Waals surface area contributed by atoms with Gasteiger partial charge in [0.1, 0.15) is 22.3 Å². The van der Waals surface area contributed by atoms with Crippen LogP contribution in [0.25, 0.3) is 0 Å². The third-order valence-corrected chi connectivity index (χ3v) is 3.69. The van der Waals surface area contributed by atoms with Crippen molar-refractivity contribution in [2.75, 3.05) is 0 Å². The summed E-state index contributed by atoms with van der Waals surface area (Å²) < 4.78 is 20.4. The minimum absolute atomic E-state index is 0.218. The molecule has 2 N–H and O–H groups in total. The molecule has 0 aliphatic heterocycles. The van der Waals surface area contributed by atoms with E-state index in [1.807, 2.05) is 6.07 Å². The average Bonchev–Trinajstić information content (AvgIpc) is 2.33. The van der Waals surface area contributed by atoms with Crippen molar-refractivity contribution >= 4 is 49.1 Å². The minimum atomic E-state index is -0.384. The lowest BCUT2D eigenvalue weighted by molar-refractivity contribution is 0.472. The van der Waals surface area contributed by atoms with Crippen LogP contribution in [0, 0.1) is 5.82 Å². The Morgan fingerprint density at radius 1 is 1.11 bits per heavy atom. The van der Waals surface area contributed by atoms with Crippen LogP contribution in [0.1, 0.15) is 5.56 Å². The molecule has 0 amide bonds. The van der Waals surface area contributed by atoms with E-state index >= 15 is 0 Å². The molecular formula is C13H8Br2FNOS. The van der Waals surface area contributed by atoms with Crippen LogP contribution in [0.2, 0.25) is 0 Å². The number of halogens is 3. The Labute approximate surface area is 132 Å². The molecule has 0 radical (unpaired) electrons. The lowest BCUT2D eigenvalue weighted by Crippen LogP contribution is -2.10. The van der Waals surface area contributed by atoms with E-state index < -0.39 is 0 Å². The molecule has 0 saturated carbocycles. The summed E-state index contributed by atoms with van der Waals surface area (Å²) >= 11 is 11.6. The smallest absolute Gasteiger partial charge is 0.144 e. The molecule has 2 nitrogen and oxygen atoms in total. The van der Waals surface area contributed by atoms with Crippen LogP contribution < -0.4 is 10.5 Å². The molecule has 6 heteroatoms. The highest BCUT2D eigenvalue weighted by Gasteiger charge is 2.11. The SMILES string of the molecule is NC(=S)c1ccc(Br)cc1Oc1cc(F)ccc1Br. The largest absolute Gasteiger partial charge is 0.455 e. The summed E-state index contributed by atoms with van der Waals surface area (Å²) in [5.41, 5.74) is 6.23. The Morgan fingerprint density at radius 2 is 1.84 bits per heavy atom. The maximum absolute atomic E-state index is 13.2. The third kappa shape index (κ3) is 3.52. The van der Waals surface area contributed by atoms with E-state index in [1.54, 1.807) is 18.2 Å². The summed E-state index contributed by atoms with van der Waals surface area (Å²) in [6.45, 7) is 0. The van der Waals surface area contributed by atoms with E-state index in [2.05, 4.69) is 31.9 Å². The molecule has 2 aromatic rings. The fourth-order valence-corrected chi connectivity index (χ4v) is 2.29. The molecule has 0 fully saturated rings. The molecule has 98 valence electrons. The van der Waals surface area contributed by atoms with Crippen molar-refractivity contribution in [3.63, 3.8) is 0 Å². The molecule has 0 aromatic heterocycles. The van der Waals surface area contributed by atoms with E-state index in [4.69, 9.17) is 22.7 Å². The van der Waals surface area contributed by atoms with Crippen LogP contribution in [-0.4, -0.2) is 4.99 Å². The first kappa shape index (κ1) is 14.4. The van der Waals surface area contributed by atoms with Crippen LogP contribution in [0.5, 0.6) is 11.5 Å². The average molecular weight is 405 g/mol. The second kappa shape index (κ2) is 5.98. The zero-order valence-corrected chi connectivity index (χ0v) is 13.5. The van der Waals surface area contributed by atoms with Gasteiger partial charge in [-0.05, 0) is 46.3 Å². The standard InChI is InChI=1S/C13H8Br2FNOS/c14-7-1-3-9(13(17)19)11(5-7)18-12-6-8(16)2-4-10(12)15/h1-6H,(H2,17,19). The fourth-order valence-electron chi connectivity index (χ4n) is 1.46. The highest BCUT2D eigenvalue weighted by molar-refractivity contribution is 9.10. The Kier molecular flexibility index (Phi) is 4.54. The van der Waals surface area contributed by atoms with E-state index in [-0.39, 0.29) is 10.8 Å². The Morgan fingerprint density at radius 3 is 2.53 bits per heavy atom. The van der Waals surface area contributed by atoms with Crippen molar-refractivity contribution in [3.05, 3.63) is 56.7 Å². The number of hydrogen-bond donors (Lipinski definition) is 1. The lowest BCUT2D eigenvalue weighted by atomic mass is 10.2. The van der Waals surface area contributed by atoms with Gasteiger partial charge >= 0.3 is 0 Å². The number of ether oxygens (including phenoxy) is 1. The number of benzene rings is 2. The molecule has 0 atom stereocenters. The van der Waals surface area contributed by atoms with Crippen LogP contribution >= 0.6 is 44.1 Å². The predicted octanol–water partition coefficient (Wildman–Crippen LogP) is 4.78. The number of hydrogen-bond acceptors (Lipinski definition) is 2. The lowest BCUT2D eigenvalue weighted by Gasteiger charge is -2.12. The summed E-state index contributed by atoms with van der Waals surface area (Å²) in [7, 11) is 0. The first-order valence-corrected chi connectivity index (χ1v) is 7.19. The molecule has 0 saturated heterocycles. The molecule has 2 aromatic carbocycles. The molecule has 2 rings (SSSR count). The Hall–Kier alpha value is -0.980. The van der Waals surface area contributed by atoms with Crippen molar-refractivity contribution in [1.29, 1.82) is 0 Å². The summed E-state index contributed by atoms with van der Waals surface area (Å²) in [5.74, 6) is 0.439. The number of thiocarbonyl (C=S) groups is 1. The Balaban J connectivity index is 2.45. The molecular weight excluding hydrogens is 397 g/mol. The van der Waals surface area contributed by atoms with Gasteiger partial charge in [-0.15, -0.1) is 0 Å². The van der Waals surface area contributed by atoms with Crippen LogP contribution in [0.15, 0.2) is 45.3 Å². The van der Waals surface area contributed by atoms with Gasteiger partial charge < -0.3 is 10.5 Å². The van der Waals surface area contributed by atoms with Crippen molar-refractivity contribution < 1.29 is 9.13 Å². The quantitative estimate of drug-likeness (QED) is 0.747. The summed E-state index contributed by atoms with van der Waals surface area (Å²) in [4.78, 5) is 0.218. The van der Waals surface area contributed by atoms with Gasteiger partial charge in [0.2, 0.25) is 0 Å². The van der Waals surface area contributed by atoms with E-state index in [0.717, 1.165) is 4.47 Å². The van der Waals surface area contributed by atoms with Gasteiger partial charge in [0.05, 0.1) is 10.0 Å². The van der Waals surface area contributed by atoms with Crippen LogP contribution in [0.4, 0.5) is 4.39 Å². The summed E-state index contributed by atoms with van der Waals surface area (Å²) in [5, 5.41) is 0. The fraction of sp³-hybridized carbons (Fsp3) is 0. The highest BCUT2D eigenvalue weighted by Crippen LogP contribution is 2.33. The third-order valence-electron chi connectivity index (χ3n) is 2.32. The van der Waals surface area contributed by atoms with Crippen molar-refractivity contribution in [2.45, 2.75) is 0 Å². The zero-order chi connectivity index (χ0) is 14.0. The predicted molar refractivity (Wildman–Crippen MR) is 84.2 cm³/mol. The van der Waals surface area contributed by atoms with Crippen molar-refractivity contribution in [2.24, 2.45) is 5.73 Å². The molecule has 19 heavy (non-hydrogen) atoms. The summed E-state index contributed by atoms with van der Waals surface area (Å²) in [6.07, 6.45) is 0. The van der Waals surface area contributed by atoms with Crippen molar-refractivity contribution in [3.8, 4) is 11.5 Å². The normalized spacial score (nSPS) is 10.3. The minimum Gasteiger partial charge on any atom is -0.455 e. The second-order valence-electron chi connectivity index (χ2n) is 3.68. The van der Waals surface area contributed by atoms with Gasteiger partial charge in [0, 0.05) is 10.5 Å². The number of rotatable bonds is 3. The van der Waals surface area contributed by atoms with Gasteiger partial charge in [-0.1, -0.05) is 28.1 Å². The monoisotopic (exact) mass is 403 g/mol. The second-order valence-corrected chi connectivity index (χ2v) is 5.89. The molecule has 0 aliphatic rings. The van der Waals surface area contributed by atoms with E-state index in [0.29, 0.717) is 21.5 Å². The van der Waals surface area contributed by atoms with Gasteiger partial charge in [0.15, 0.2) is 0 Å². The summed E-state index contributed by atoms with van der Waals surface area (Å²) in [6, 6.07) is 9.48. The zero-order valence-electron chi connectivity index (χ0n) is 9.49. The molecule has 0 aliphatic carbocycles. The van der Waals surface area contributed by atoms with E-state index in [9.17, 15) is 4.39 Å². The van der Waals surface area contributed by atoms with Crippen LogP contribution in [0.3, 0.4) is 0 Å². The number of nitrogens with two attached hydrogens (primary N) is 1. The maximum atomic E-state index is 13.2. The van der Waals surface area contributed by atoms with Gasteiger partial charge in [0.25, 0.3) is 0 Å². The topological polar surface area (TPSA) is 35.2 Å². The maximum Gasteiger partial charge on any atom is 0.144 e. The van der Waals surface area contributed by atoms with Gasteiger partial charge in [-0.25, -0.2) is 4.39 Å². The molecule has 0 spiro atoms. The first-order chi connectivity index (χ1) is 8.97. The Bertz CT molecular complexity index is 649. The first-order valence-electron chi connectivity index (χ1n) is 5.19. The molecule has 0 unspecified atom stereocenters. The molecule has 0 heterocycles. The van der Waals surface area contributed by atoms with E-state index in [1.165, 1.54) is 12.1 Å². The molecule has 0 bridgehead atoms. The highest BCUT2D eigenvalue weighted by atomic mass is 79.9. The van der Waals surface area contributed by atoms with Crippen LogP contribution in [-0.2, 0) is 0 Å². The van der Waals surface area contributed by atoms with Crippen molar-refractivity contribution in [1.82, 2.24) is 0 Å².